The Bertz CT molecular complexity index is 937. The molecule has 2 aromatic rings. The number of carbonyl (C=O) groups is 1. The summed E-state index contributed by atoms with van der Waals surface area (Å²) in [6.07, 6.45) is 1.93. The minimum Gasteiger partial charge on any atom is -0.376 e. The Balaban J connectivity index is 1.80. The molecule has 146 valence electrons. The van der Waals surface area contributed by atoms with Crippen LogP contribution in [-0.4, -0.2) is 40.6 Å². The van der Waals surface area contributed by atoms with Crippen molar-refractivity contribution in [2.75, 3.05) is 24.5 Å². The number of thiophene rings is 1. The van der Waals surface area contributed by atoms with Gasteiger partial charge in [-0.1, -0.05) is 17.7 Å². The molecular weight excluding hydrogens is 408 g/mol. The lowest BCUT2D eigenvalue weighted by Crippen LogP contribution is -2.33. The Morgan fingerprint density at radius 3 is 2.85 bits per heavy atom. The summed E-state index contributed by atoms with van der Waals surface area (Å²) in [6, 6.07) is 6.22. The first-order valence-corrected chi connectivity index (χ1v) is 11.2. The molecule has 1 aliphatic rings. The summed E-state index contributed by atoms with van der Waals surface area (Å²) in [5.74, 6) is -0.306. The van der Waals surface area contributed by atoms with Crippen LogP contribution >= 0.6 is 22.9 Å². The highest BCUT2D eigenvalue weighted by Crippen LogP contribution is 2.31. The zero-order chi connectivity index (χ0) is 19.6. The van der Waals surface area contributed by atoms with Crippen molar-refractivity contribution in [3.05, 3.63) is 45.1 Å². The van der Waals surface area contributed by atoms with Gasteiger partial charge in [-0.15, -0.1) is 11.3 Å². The number of hydrogen-bond acceptors (Lipinski definition) is 5. The fourth-order valence-electron chi connectivity index (χ4n) is 2.83. The molecule has 1 fully saturated rings. The lowest BCUT2D eigenvalue weighted by molar-refractivity contribution is 0.0861. The number of amides is 1. The van der Waals surface area contributed by atoms with Crippen LogP contribution in [0, 0.1) is 6.92 Å². The van der Waals surface area contributed by atoms with Crippen LogP contribution in [0.2, 0.25) is 5.02 Å². The van der Waals surface area contributed by atoms with Crippen LogP contribution in [-0.2, 0) is 14.8 Å². The van der Waals surface area contributed by atoms with E-state index in [1.165, 1.54) is 30.5 Å². The summed E-state index contributed by atoms with van der Waals surface area (Å²) in [5.41, 5.74) is 1.13. The van der Waals surface area contributed by atoms with Crippen LogP contribution < -0.4 is 9.62 Å². The van der Waals surface area contributed by atoms with E-state index in [4.69, 9.17) is 16.3 Å². The van der Waals surface area contributed by atoms with Gasteiger partial charge in [-0.2, -0.15) is 0 Å². The molecule has 1 saturated heterocycles. The Kier molecular flexibility index (Phi) is 6.10. The van der Waals surface area contributed by atoms with Crippen molar-refractivity contribution >= 4 is 44.6 Å². The molecule has 0 radical (unpaired) electrons. The average molecular weight is 429 g/mol. The second-order valence-corrected chi connectivity index (χ2v) is 9.66. The van der Waals surface area contributed by atoms with Gasteiger partial charge in [0.25, 0.3) is 15.9 Å². The molecule has 2 heterocycles. The molecule has 1 atom stereocenters. The average Bonchev–Trinajstić information content (AvgIpc) is 3.32. The van der Waals surface area contributed by atoms with E-state index in [1.807, 2.05) is 0 Å². The van der Waals surface area contributed by atoms with Gasteiger partial charge in [0.15, 0.2) is 0 Å². The van der Waals surface area contributed by atoms with Crippen LogP contribution in [0.1, 0.15) is 28.1 Å². The molecule has 1 aliphatic heterocycles. The molecule has 0 saturated carbocycles. The number of carbonyl (C=O) groups excluding carboxylic acids is 1. The number of rotatable bonds is 6. The molecule has 27 heavy (non-hydrogen) atoms. The number of aryl methyl sites for hydroxylation is 1. The van der Waals surface area contributed by atoms with E-state index in [2.05, 4.69) is 5.32 Å². The van der Waals surface area contributed by atoms with Crippen molar-refractivity contribution in [1.29, 1.82) is 0 Å². The van der Waals surface area contributed by atoms with E-state index in [9.17, 15) is 13.2 Å². The Morgan fingerprint density at radius 2 is 2.19 bits per heavy atom. The normalized spacial score (nSPS) is 17.1. The van der Waals surface area contributed by atoms with Gasteiger partial charge < -0.3 is 10.1 Å². The molecule has 0 spiro atoms. The first kappa shape index (κ1) is 20.1. The number of hydrogen-bond donors (Lipinski definition) is 1. The summed E-state index contributed by atoms with van der Waals surface area (Å²) in [4.78, 5) is 13.0. The minimum atomic E-state index is -3.84. The van der Waals surface area contributed by atoms with Crippen molar-refractivity contribution < 1.29 is 17.9 Å². The van der Waals surface area contributed by atoms with E-state index in [-0.39, 0.29) is 16.9 Å². The molecule has 6 nitrogen and oxygen atoms in total. The largest absolute Gasteiger partial charge is 0.376 e. The maximum atomic E-state index is 13.0. The third kappa shape index (κ3) is 4.29. The fourth-order valence-corrected chi connectivity index (χ4v) is 5.21. The van der Waals surface area contributed by atoms with E-state index in [0.717, 1.165) is 22.7 Å². The molecule has 1 aromatic carbocycles. The summed E-state index contributed by atoms with van der Waals surface area (Å²) in [7, 11) is -2.40. The Labute approximate surface area is 168 Å². The number of sulfonamides is 1. The van der Waals surface area contributed by atoms with Gasteiger partial charge in [0, 0.05) is 25.2 Å². The number of benzene rings is 1. The fraction of sp³-hybridized carbons (Fsp3) is 0.389. The standard InChI is InChI=1S/C18H21ClN2O4S2/c1-12-5-6-14(10-15(12)19)27(23,24)21(2)16-7-9-26-17(16)18(22)20-11-13-4-3-8-25-13/h5-7,9-10,13H,3-4,8,11H2,1-2H3,(H,20,22). The van der Waals surface area contributed by atoms with E-state index in [1.54, 1.807) is 24.4 Å². The van der Waals surface area contributed by atoms with Crippen LogP contribution in [0.25, 0.3) is 0 Å². The quantitative estimate of drug-likeness (QED) is 0.764. The summed E-state index contributed by atoms with van der Waals surface area (Å²) < 4.78 is 32.5. The van der Waals surface area contributed by atoms with Gasteiger partial charge in [-0.3, -0.25) is 9.10 Å². The van der Waals surface area contributed by atoms with Gasteiger partial charge in [-0.05, 0) is 48.9 Å². The molecule has 1 amide bonds. The highest BCUT2D eigenvalue weighted by molar-refractivity contribution is 7.92. The van der Waals surface area contributed by atoms with Gasteiger partial charge >= 0.3 is 0 Å². The molecule has 1 N–H and O–H groups in total. The van der Waals surface area contributed by atoms with Crippen molar-refractivity contribution in [2.45, 2.75) is 30.8 Å². The SMILES string of the molecule is Cc1ccc(S(=O)(=O)N(C)c2ccsc2C(=O)NCC2CCCO2)cc1Cl. The summed E-state index contributed by atoms with van der Waals surface area (Å²) in [6.45, 7) is 2.93. The molecule has 9 heteroatoms. The topological polar surface area (TPSA) is 75.7 Å². The van der Waals surface area contributed by atoms with Gasteiger partial charge in [0.1, 0.15) is 4.88 Å². The van der Waals surface area contributed by atoms with E-state index < -0.39 is 10.0 Å². The van der Waals surface area contributed by atoms with Gasteiger partial charge in [0.05, 0.1) is 16.7 Å². The minimum absolute atomic E-state index is 0.0218. The van der Waals surface area contributed by atoms with Gasteiger partial charge in [0.2, 0.25) is 0 Å². The predicted molar refractivity (Wildman–Crippen MR) is 107 cm³/mol. The molecule has 1 unspecified atom stereocenters. The van der Waals surface area contributed by atoms with E-state index >= 15 is 0 Å². The second kappa shape index (κ2) is 8.18. The maximum Gasteiger partial charge on any atom is 0.264 e. The first-order chi connectivity index (χ1) is 12.8. The number of anilines is 1. The highest BCUT2D eigenvalue weighted by Gasteiger charge is 2.27. The molecule has 0 bridgehead atoms. The first-order valence-electron chi connectivity index (χ1n) is 8.53. The van der Waals surface area contributed by atoms with Crippen LogP contribution in [0.3, 0.4) is 0 Å². The molecule has 3 rings (SSSR count). The highest BCUT2D eigenvalue weighted by atomic mass is 35.5. The number of halogens is 1. The smallest absolute Gasteiger partial charge is 0.264 e. The monoisotopic (exact) mass is 428 g/mol. The second-order valence-electron chi connectivity index (χ2n) is 6.36. The van der Waals surface area contributed by atoms with Gasteiger partial charge in [-0.25, -0.2) is 8.42 Å². The zero-order valence-electron chi connectivity index (χ0n) is 15.1. The molecule has 1 aromatic heterocycles. The summed E-state index contributed by atoms with van der Waals surface area (Å²) >= 11 is 7.28. The van der Waals surface area contributed by atoms with Crippen LogP contribution in [0.15, 0.2) is 34.5 Å². The van der Waals surface area contributed by atoms with Crippen molar-refractivity contribution in [2.24, 2.45) is 0 Å². The lowest BCUT2D eigenvalue weighted by Gasteiger charge is -2.20. The summed E-state index contributed by atoms with van der Waals surface area (Å²) in [5, 5.41) is 4.91. The van der Waals surface area contributed by atoms with Crippen LogP contribution in [0.4, 0.5) is 5.69 Å². The molecule has 0 aliphatic carbocycles. The maximum absolute atomic E-state index is 13.0. The molecular formula is C18H21ClN2O4S2. The Morgan fingerprint density at radius 1 is 1.41 bits per heavy atom. The zero-order valence-corrected chi connectivity index (χ0v) is 17.5. The third-order valence-corrected chi connectivity index (χ3v) is 7.58. The number of nitrogens with zero attached hydrogens (tertiary/aromatic N) is 1. The third-order valence-electron chi connectivity index (χ3n) is 4.51. The Hall–Kier alpha value is -1.61. The lowest BCUT2D eigenvalue weighted by atomic mass is 10.2. The number of ether oxygens (including phenoxy) is 1. The number of nitrogens with one attached hydrogen (secondary N) is 1. The predicted octanol–water partition coefficient (Wildman–Crippen LogP) is 3.44. The van der Waals surface area contributed by atoms with Crippen molar-refractivity contribution in [3.8, 4) is 0 Å². The van der Waals surface area contributed by atoms with Crippen molar-refractivity contribution in [3.63, 3.8) is 0 Å². The van der Waals surface area contributed by atoms with Crippen molar-refractivity contribution in [1.82, 2.24) is 5.32 Å². The van der Waals surface area contributed by atoms with E-state index in [0.29, 0.717) is 28.7 Å². The van der Waals surface area contributed by atoms with Crippen LogP contribution in [0.5, 0.6) is 0 Å².